The Morgan fingerprint density at radius 2 is 2.14 bits per heavy atom. The number of fused-ring (bicyclic) bond motifs is 1. The van der Waals surface area contributed by atoms with Gasteiger partial charge in [-0.25, -0.2) is 13.9 Å². The molecule has 35 heavy (non-hydrogen) atoms. The predicted molar refractivity (Wildman–Crippen MR) is 138 cm³/mol. The molecular weight excluding hydrogens is 513 g/mol. The van der Waals surface area contributed by atoms with Crippen LogP contribution in [0.3, 0.4) is 0 Å². The first-order chi connectivity index (χ1) is 16.4. The number of aliphatic imine (C=N–C) groups is 1. The molecule has 2 N–H and O–H groups in total. The van der Waals surface area contributed by atoms with Crippen molar-refractivity contribution in [1.82, 2.24) is 4.90 Å². The van der Waals surface area contributed by atoms with Gasteiger partial charge in [-0.15, -0.1) is 0 Å². The quantitative estimate of drug-likeness (QED) is 0.274. The van der Waals surface area contributed by atoms with E-state index in [-0.39, 0.29) is 29.6 Å². The molecule has 2 saturated heterocycles. The highest BCUT2D eigenvalue weighted by atomic mass is 33.1. The lowest BCUT2D eigenvalue weighted by atomic mass is 9.98. The van der Waals surface area contributed by atoms with Gasteiger partial charge in [0.15, 0.2) is 11.9 Å². The molecule has 0 spiro atoms. The summed E-state index contributed by atoms with van der Waals surface area (Å²) < 4.78 is 51.7. The van der Waals surface area contributed by atoms with Gasteiger partial charge in [0.2, 0.25) is 0 Å². The van der Waals surface area contributed by atoms with Crippen LogP contribution in [0.5, 0.6) is 0 Å². The van der Waals surface area contributed by atoms with Gasteiger partial charge < -0.3 is 15.4 Å². The first-order valence-corrected chi connectivity index (χ1v) is 14.8. The van der Waals surface area contributed by atoms with E-state index in [2.05, 4.69) is 32.3 Å². The first-order valence-electron chi connectivity index (χ1n) is 11.2. The Morgan fingerprint density at radius 3 is 2.86 bits per heavy atom. The van der Waals surface area contributed by atoms with Gasteiger partial charge in [0.25, 0.3) is 0 Å². The predicted octanol–water partition coefficient (Wildman–Crippen LogP) is 5.42. The molecule has 5 atom stereocenters. The third-order valence-corrected chi connectivity index (χ3v) is 10.4. The summed E-state index contributed by atoms with van der Waals surface area (Å²) in [4.78, 5) is 6.61. The number of hydrogen-bond acceptors (Lipinski definition) is 10. The number of nitrogens with two attached hydrogens (primary N) is 1. The van der Waals surface area contributed by atoms with Crippen LogP contribution >= 0.6 is 29.4 Å². The minimum absolute atomic E-state index is 0.0966. The van der Waals surface area contributed by atoms with Gasteiger partial charge in [0.1, 0.15) is 23.9 Å². The Balaban J connectivity index is 1.38. The summed E-state index contributed by atoms with van der Waals surface area (Å²) >= 11 is 0. The minimum atomic E-state index is -3.99. The van der Waals surface area contributed by atoms with Gasteiger partial charge in [-0.2, -0.15) is 0 Å². The van der Waals surface area contributed by atoms with Gasteiger partial charge in [-0.05, 0) is 31.1 Å². The molecule has 8 nitrogen and oxygen atoms in total. The average Bonchev–Trinajstić information content (AvgIpc) is 3.02. The lowest BCUT2D eigenvalue weighted by Gasteiger charge is -2.36. The van der Waals surface area contributed by atoms with E-state index >= 15 is 4.39 Å². The molecule has 1 aromatic carbocycles. The number of amidine groups is 1. The highest BCUT2D eigenvalue weighted by Gasteiger charge is 2.62. The van der Waals surface area contributed by atoms with Gasteiger partial charge in [0, 0.05) is 15.8 Å². The van der Waals surface area contributed by atoms with Crippen LogP contribution in [0, 0.1) is 0 Å². The fraction of sp³-hybridized carbons (Fsp3) is 0.522. The van der Waals surface area contributed by atoms with Crippen molar-refractivity contribution in [2.45, 2.75) is 67.9 Å². The summed E-state index contributed by atoms with van der Waals surface area (Å²) in [6.45, 7) is 11.6. The Hall–Kier alpha value is -1.33. The summed E-state index contributed by atoms with van der Waals surface area (Å²) in [5, 5.41) is 0. The molecule has 3 heterocycles. The summed E-state index contributed by atoms with van der Waals surface area (Å²) in [6.07, 6.45) is 0.561. The molecule has 1 aromatic rings. The van der Waals surface area contributed by atoms with Gasteiger partial charge >= 0.3 is 7.82 Å². The molecule has 0 aromatic heterocycles. The molecule has 12 heteroatoms. The summed E-state index contributed by atoms with van der Waals surface area (Å²) in [5.41, 5.74) is 4.70. The van der Waals surface area contributed by atoms with Crippen molar-refractivity contribution in [1.29, 1.82) is 0 Å². The number of rotatable bonds is 7. The number of phosphoric ester groups is 1. The van der Waals surface area contributed by atoms with Gasteiger partial charge in [-0.1, -0.05) is 67.1 Å². The number of halogens is 1. The first kappa shape index (κ1) is 26.7. The van der Waals surface area contributed by atoms with Crippen molar-refractivity contribution in [2.75, 3.05) is 13.2 Å². The van der Waals surface area contributed by atoms with Crippen LogP contribution in [0.25, 0.3) is 0 Å². The van der Waals surface area contributed by atoms with Crippen LogP contribution in [0.15, 0.2) is 58.8 Å². The second-order valence-corrected chi connectivity index (χ2v) is 14.2. The maximum Gasteiger partial charge on any atom is 0.475 e. The molecule has 3 aliphatic rings. The summed E-state index contributed by atoms with van der Waals surface area (Å²) in [6, 6.07) is 7.98. The van der Waals surface area contributed by atoms with Crippen molar-refractivity contribution >= 4 is 35.2 Å². The van der Waals surface area contributed by atoms with Crippen molar-refractivity contribution in [3.05, 3.63) is 54.5 Å². The van der Waals surface area contributed by atoms with Gasteiger partial charge in [-0.3, -0.25) is 13.6 Å². The van der Waals surface area contributed by atoms with Crippen molar-refractivity contribution < 1.29 is 27.3 Å². The van der Waals surface area contributed by atoms with Crippen LogP contribution in [0.1, 0.15) is 33.3 Å². The Bertz CT molecular complexity index is 1080. The number of benzene rings is 1. The van der Waals surface area contributed by atoms with Crippen LogP contribution in [-0.4, -0.2) is 52.8 Å². The molecule has 2 fully saturated rings. The molecule has 0 saturated carbocycles. The van der Waals surface area contributed by atoms with E-state index in [4.69, 9.17) is 24.0 Å². The molecule has 3 aliphatic heterocycles. The molecule has 0 radical (unpaired) electrons. The van der Waals surface area contributed by atoms with E-state index in [1.165, 1.54) is 17.9 Å². The second kappa shape index (κ2) is 10.2. The third kappa shape index (κ3) is 6.15. The fourth-order valence-electron chi connectivity index (χ4n) is 3.84. The number of ether oxygens (including phenoxy) is 1. The maximum absolute atomic E-state index is 15.9. The van der Waals surface area contributed by atoms with E-state index in [9.17, 15) is 4.57 Å². The van der Waals surface area contributed by atoms with Crippen molar-refractivity contribution in [3.8, 4) is 0 Å². The van der Waals surface area contributed by atoms with Crippen LogP contribution in [0.2, 0.25) is 0 Å². The second-order valence-electron chi connectivity index (χ2n) is 9.59. The molecule has 192 valence electrons. The lowest BCUT2D eigenvalue weighted by Crippen LogP contribution is -2.50. The zero-order chi connectivity index (χ0) is 25.4. The minimum Gasteiger partial charge on any atom is -0.384 e. The van der Waals surface area contributed by atoms with E-state index in [0.29, 0.717) is 6.42 Å². The average molecular weight is 545 g/mol. The Morgan fingerprint density at radius 1 is 1.40 bits per heavy atom. The van der Waals surface area contributed by atoms with E-state index in [0.717, 1.165) is 10.5 Å². The number of alkyl halides is 1. The number of hydrogen-bond donors (Lipinski definition) is 1. The molecule has 0 amide bonds. The largest absolute Gasteiger partial charge is 0.475 e. The SMILES string of the molecule is C=C1N=C([15NH2])C=CN1[C@@H]1O[C@@H]2COP(=O)(OCCc3ccccc3SSC(C)(C)C)O[C@H]2[C@@]1(C)F. The van der Waals surface area contributed by atoms with E-state index < -0.39 is 31.9 Å². The normalized spacial score (nSPS) is 33.1. The van der Waals surface area contributed by atoms with Crippen molar-refractivity contribution in [2.24, 2.45) is 10.7 Å². The third-order valence-electron chi connectivity index (χ3n) is 5.51. The van der Waals surface area contributed by atoms with Crippen molar-refractivity contribution in [3.63, 3.8) is 0 Å². The highest BCUT2D eigenvalue weighted by Crippen LogP contribution is 2.58. The van der Waals surface area contributed by atoms with E-state index in [1.807, 2.05) is 24.3 Å². The fourth-order valence-corrected chi connectivity index (χ4v) is 7.56. The molecule has 0 aliphatic carbocycles. The maximum atomic E-state index is 15.9. The van der Waals surface area contributed by atoms with Crippen LogP contribution in [0.4, 0.5) is 4.39 Å². The lowest BCUT2D eigenvalue weighted by molar-refractivity contribution is -0.0812. The topological polar surface area (TPSA) is 95.6 Å². The molecule has 1 unspecified atom stereocenters. The molecule has 0 bridgehead atoms. The van der Waals surface area contributed by atoms with Gasteiger partial charge in [0.05, 0.1) is 13.2 Å². The monoisotopic (exact) mass is 544 g/mol. The number of phosphoric acid groups is 1. The Labute approximate surface area is 213 Å². The van der Waals surface area contributed by atoms with Crippen LogP contribution in [-0.2, 0) is 29.3 Å². The van der Waals surface area contributed by atoms with Crippen LogP contribution < -0.4 is 5.73 Å². The Kier molecular flexibility index (Phi) is 7.79. The van der Waals surface area contributed by atoms with E-state index in [1.54, 1.807) is 27.8 Å². The highest BCUT2D eigenvalue weighted by molar-refractivity contribution is 8.77. The zero-order valence-electron chi connectivity index (χ0n) is 20.2. The summed E-state index contributed by atoms with van der Waals surface area (Å²) in [5.74, 6) is 0.496. The standard InChI is InChI=1S/C23H31FN3O5PS2/c1-15-26-19(25)10-12-27(15)21-23(5,24)20-17(31-21)14-30-33(28,32-20)29-13-11-16-8-6-7-9-18(16)34-35-22(2,3)4/h6-10,12,17,20-21H,1,11,13-14H2,2-5H3,(H2,25,26)/t17-,20-,21-,23-,33?/m1/s1/i25+1. The summed E-state index contributed by atoms with van der Waals surface area (Å²) in [7, 11) is -0.523. The molecular formula is C23H31FN3O5PS2. The number of nitrogens with zero attached hydrogens (tertiary/aromatic N) is 2. The zero-order valence-corrected chi connectivity index (χ0v) is 22.7. The smallest absolute Gasteiger partial charge is 0.384 e. The molecule has 4 rings (SSSR count).